The third-order valence-corrected chi connectivity index (χ3v) is 3.26. The summed E-state index contributed by atoms with van der Waals surface area (Å²) in [5, 5.41) is 20.8. The maximum atomic E-state index is 11.5. The summed E-state index contributed by atoms with van der Waals surface area (Å²) in [6, 6.07) is 18.6. The highest BCUT2D eigenvalue weighted by Gasteiger charge is 2.12. The Balaban J connectivity index is 1.86. The summed E-state index contributed by atoms with van der Waals surface area (Å²) in [4.78, 5) is 11.5. The molecule has 0 heterocycles. The van der Waals surface area contributed by atoms with Crippen LogP contribution >= 0.6 is 0 Å². The van der Waals surface area contributed by atoms with Gasteiger partial charge in [0.05, 0.1) is 18.6 Å². The van der Waals surface area contributed by atoms with Crippen LogP contribution in [-0.2, 0) is 11.4 Å². The molecule has 0 fully saturated rings. The van der Waals surface area contributed by atoms with E-state index < -0.39 is 6.10 Å². The van der Waals surface area contributed by atoms with Crippen LogP contribution in [0, 0.1) is 11.3 Å². The zero-order chi connectivity index (χ0) is 16.5. The number of aliphatic hydroxyl groups is 1. The number of nitriles is 1. The lowest BCUT2D eigenvalue weighted by molar-refractivity contribution is -0.122. The first-order chi connectivity index (χ1) is 11.2. The summed E-state index contributed by atoms with van der Waals surface area (Å²) >= 11 is 0. The predicted molar refractivity (Wildman–Crippen MR) is 85.4 cm³/mol. The minimum absolute atomic E-state index is 0.0577. The standard InChI is InChI=1S/C18H18N2O3/c19-10-11-20-18(22)12-17(21)15-6-8-16(9-7-15)23-13-14-4-2-1-3-5-14/h1-9,17,21H,11-13H2,(H,20,22). The SMILES string of the molecule is N#CCNC(=O)CC(O)c1ccc(OCc2ccccc2)cc1. The van der Waals surface area contributed by atoms with Gasteiger partial charge in [0.25, 0.3) is 0 Å². The monoisotopic (exact) mass is 310 g/mol. The van der Waals surface area contributed by atoms with Crippen LogP contribution in [0.25, 0.3) is 0 Å². The molecule has 0 aliphatic rings. The van der Waals surface area contributed by atoms with E-state index in [1.807, 2.05) is 36.4 Å². The van der Waals surface area contributed by atoms with Crippen LogP contribution in [0.1, 0.15) is 23.7 Å². The van der Waals surface area contributed by atoms with E-state index in [2.05, 4.69) is 5.32 Å². The van der Waals surface area contributed by atoms with Gasteiger partial charge in [-0.1, -0.05) is 42.5 Å². The molecule has 0 saturated carbocycles. The highest BCUT2D eigenvalue weighted by molar-refractivity contribution is 5.76. The molecule has 1 amide bonds. The number of carbonyl (C=O) groups excluding carboxylic acids is 1. The van der Waals surface area contributed by atoms with E-state index in [4.69, 9.17) is 10.00 Å². The molecule has 2 rings (SSSR count). The van der Waals surface area contributed by atoms with Crippen molar-refractivity contribution in [3.05, 3.63) is 65.7 Å². The zero-order valence-electron chi connectivity index (χ0n) is 12.6. The van der Waals surface area contributed by atoms with Crippen LogP contribution in [0.15, 0.2) is 54.6 Å². The molecule has 118 valence electrons. The summed E-state index contributed by atoms with van der Waals surface area (Å²) in [6.07, 6.45) is -0.983. The van der Waals surface area contributed by atoms with Crippen molar-refractivity contribution in [2.75, 3.05) is 6.54 Å². The summed E-state index contributed by atoms with van der Waals surface area (Å²) in [7, 11) is 0. The highest BCUT2D eigenvalue weighted by atomic mass is 16.5. The maximum absolute atomic E-state index is 11.5. The van der Waals surface area contributed by atoms with Crippen LogP contribution in [0.4, 0.5) is 0 Å². The van der Waals surface area contributed by atoms with Gasteiger partial charge in [0, 0.05) is 0 Å². The van der Waals surface area contributed by atoms with Crippen LogP contribution < -0.4 is 10.1 Å². The Bertz CT molecular complexity index is 663. The van der Waals surface area contributed by atoms with Crippen LogP contribution in [0.3, 0.4) is 0 Å². The largest absolute Gasteiger partial charge is 0.489 e. The van der Waals surface area contributed by atoms with Crippen molar-refractivity contribution in [3.8, 4) is 11.8 Å². The Morgan fingerprint density at radius 3 is 2.52 bits per heavy atom. The van der Waals surface area contributed by atoms with Crippen LogP contribution in [-0.4, -0.2) is 17.6 Å². The summed E-state index contributed by atoms with van der Waals surface area (Å²) in [5.74, 6) is 0.335. The van der Waals surface area contributed by atoms with E-state index in [0.29, 0.717) is 17.9 Å². The van der Waals surface area contributed by atoms with E-state index in [0.717, 1.165) is 5.56 Å². The van der Waals surface area contributed by atoms with Crippen molar-refractivity contribution in [1.29, 1.82) is 5.26 Å². The van der Waals surface area contributed by atoms with E-state index in [1.54, 1.807) is 24.3 Å². The van der Waals surface area contributed by atoms with Gasteiger partial charge in [-0.05, 0) is 23.3 Å². The van der Waals surface area contributed by atoms with Crippen molar-refractivity contribution in [2.45, 2.75) is 19.1 Å². The lowest BCUT2D eigenvalue weighted by Gasteiger charge is -2.12. The van der Waals surface area contributed by atoms with Gasteiger partial charge in [0.15, 0.2) is 0 Å². The molecule has 1 atom stereocenters. The molecule has 0 radical (unpaired) electrons. The van der Waals surface area contributed by atoms with Crippen molar-refractivity contribution in [2.24, 2.45) is 0 Å². The lowest BCUT2D eigenvalue weighted by atomic mass is 10.1. The average molecular weight is 310 g/mol. The fourth-order valence-corrected chi connectivity index (χ4v) is 2.03. The van der Waals surface area contributed by atoms with E-state index in [1.165, 1.54) is 0 Å². The van der Waals surface area contributed by atoms with E-state index in [-0.39, 0.29) is 18.9 Å². The van der Waals surface area contributed by atoms with E-state index in [9.17, 15) is 9.90 Å². The number of amides is 1. The third kappa shape index (κ3) is 5.46. The van der Waals surface area contributed by atoms with Crippen molar-refractivity contribution in [1.82, 2.24) is 5.32 Å². The Morgan fingerprint density at radius 1 is 1.17 bits per heavy atom. The minimum Gasteiger partial charge on any atom is -0.489 e. The topological polar surface area (TPSA) is 82.4 Å². The number of ether oxygens (including phenoxy) is 1. The first-order valence-electron chi connectivity index (χ1n) is 7.27. The summed E-state index contributed by atoms with van der Waals surface area (Å²) < 4.78 is 5.66. The minimum atomic E-state index is -0.906. The number of nitrogens with one attached hydrogen (secondary N) is 1. The molecule has 2 N–H and O–H groups in total. The molecule has 0 saturated heterocycles. The molecular weight excluding hydrogens is 292 g/mol. The summed E-state index contributed by atoms with van der Waals surface area (Å²) in [5.41, 5.74) is 1.70. The van der Waals surface area contributed by atoms with Crippen LogP contribution in [0.5, 0.6) is 5.75 Å². The molecule has 0 spiro atoms. The Hall–Kier alpha value is -2.84. The van der Waals surface area contributed by atoms with Gasteiger partial charge in [-0.2, -0.15) is 5.26 Å². The molecule has 0 aromatic heterocycles. The fourth-order valence-electron chi connectivity index (χ4n) is 2.03. The van der Waals surface area contributed by atoms with Gasteiger partial charge in [-0.25, -0.2) is 0 Å². The predicted octanol–water partition coefficient (Wildman–Crippen LogP) is 2.33. The number of hydrogen-bond donors (Lipinski definition) is 2. The molecule has 0 aliphatic carbocycles. The first kappa shape index (κ1) is 16.5. The quantitative estimate of drug-likeness (QED) is 0.769. The number of rotatable bonds is 7. The summed E-state index contributed by atoms with van der Waals surface area (Å²) in [6.45, 7) is 0.414. The van der Waals surface area contributed by atoms with Crippen LogP contribution in [0.2, 0.25) is 0 Å². The smallest absolute Gasteiger partial charge is 0.223 e. The van der Waals surface area contributed by atoms with Gasteiger partial charge in [0.1, 0.15) is 18.9 Å². The van der Waals surface area contributed by atoms with Gasteiger partial charge in [-0.15, -0.1) is 0 Å². The molecule has 5 nitrogen and oxygen atoms in total. The molecule has 1 unspecified atom stereocenters. The maximum Gasteiger partial charge on any atom is 0.223 e. The zero-order valence-corrected chi connectivity index (χ0v) is 12.6. The van der Waals surface area contributed by atoms with Crippen molar-refractivity contribution >= 4 is 5.91 Å². The molecular formula is C18H18N2O3. The molecule has 0 aliphatic heterocycles. The van der Waals surface area contributed by atoms with Gasteiger partial charge >= 0.3 is 0 Å². The first-order valence-corrected chi connectivity index (χ1v) is 7.27. The highest BCUT2D eigenvalue weighted by Crippen LogP contribution is 2.20. The Kier molecular flexibility index (Phi) is 6.16. The number of aliphatic hydroxyl groups excluding tert-OH is 1. The van der Waals surface area contributed by atoms with Gasteiger partial charge < -0.3 is 15.2 Å². The van der Waals surface area contributed by atoms with Crippen molar-refractivity contribution < 1.29 is 14.6 Å². The second kappa shape index (κ2) is 8.57. The van der Waals surface area contributed by atoms with Gasteiger partial charge in [-0.3, -0.25) is 4.79 Å². The Labute approximate surface area is 135 Å². The normalized spacial score (nSPS) is 11.3. The molecule has 23 heavy (non-hydrogen) atoms. The fraction of sp³-hybridized carbons (Fsp3) is 0.222. The number of carbonyl (C=O) groups is 1. The molecule has 0 bridgehead atoms. The second-order valence-electron chi connectivity index (χ2n) is 5.00. The molecule has 5 heteroatoms. The number of benzene rings is 2. The molecule has 2 aromatic carbocycles. The lowest BCUT2D eigenvalue weighted by Crippen LogP contribution is -2.25. The third-order valence-electron chi connectivity index (χ3n) is 3.26. The van der Waals surface area contributed by atoms with E-state index >= 15 is 0 Å². The number of hydrogen-bond acceptors (Lipinski definition) is 4. The average Bonchev–Trinajstić information content (AvgIpc) is 2.59. The second-order valence-corrected chi connectivity index (χ2v) is 5.00. The van der Waals surface area contributed by atoms with Gasteiger partial charge in [0.2, 0.25) is 5.91 Å². The van der Waals surface area contributed by atoms with Crippen molar-refractivity contribution in [3.63, 3.8) is 0 Å². The molecule has 2 aromatic rings. The number of nitrogens with zero attached hydrogens (tertiary/aromatic N) is 1. The Morgan fingerprint density at radius 2 is 1.87 bits per heavy atom.